The van der Waals surface area contributed by atoms with Crippen LogP contribution in [0.25, 0.3) is 0 Å². The lowest BCUT2D eigenvalue weighted by molar-refractivity contribution is 0.234. The van der Waals surface area contributed by atoms with Gasteiger partial charge in [-0.2, -0.15) is 0 Å². The zero-order valence-electron chi connectivity index (χ0n) is 2.89. The molecule has 0 aliphatic heterocycles. The molecule has 0 saturated carbocycles. The van der Waals surface area contributed by atoms with Crippen molar-refractivity contribution in [3.05, 3.63) is 0 Å². The van der Waals surface area contributed by atoms with Gasteiger partial charge in [0, 0.05) is 0 Å². The Morgan fingerprint density at radius 1 is 2.00 bits per heavy atom. The minimum absolute atomic E-state index is 0.190. The molecule has 29 valence electrons. The first kappa shape index (κ1) is 4.43. The number of rotatable bonds is 0. The third-order valence-corrected chi connectivity index (χ3v) is 0.162. The summed E-state index contributed by atoms with van der Waals surface area (Å²) < 4.78 is 0. The van der Waals surface area contributed by atoms with Gasteiger partial charge >= 0.3 is 0 Å². The van der Waals surface area contributed by atoms with Gasteiger partial charge in [0.25, 0.3) is 0 Å². The van der Waals surface area contributed by atoms with Crippen LogP contribution in [0.1, 0.15) is 6.92 Å². The Hall–Kier alpha value is -0.570. The van der Waals surface area contributed by atoms with Gasteiger partial charge in [0.2, 0.25) is 0 Å². The van der Waals surface area contributed by atoms with E-state index in [-0.39, 0.29) is 5.84 Å². The van der Waals surface area contributed by atoms with Gasteiger partial charge in [-0.1, -0.05) is 0 Å². The molecule has 3 heteroatoms. The maximum atomic E-state index is 7.92. The lowest BCUT2D eigenvalue weighted by Crippen LogP contribution is -2.14. The molecule has 0 bridgehead atoms. The summed E-state index contributed by atoms with van der Waals surface area (Å²) in [5, 5.41) is 15.5. The van der Waals surface area contributed by atoms with Gasteiger partial charge in [0.1, 0.15) is 5.84 Å². The molecule has 0 saturated heterocycles. The van der Waals surface area contributed by atoms with Crippen molar-refractivity contribution in [1.29, 1.82) is 0 Å². The van der Waals surface area contributed by atoms with Crippen LogP contribution >= 0.6 is 0 Å². The fraction of sp³-hybridized carbons (Fsp3) is 0.500. The second-order valence-corrected chi connectivity index (χ2v) is 0.697. The Labute approximate surface area is 30.1 Å². The number of nitrogens with one attached hydrogen (secondary N) is 1. The van der Waals surface area contributed by atoms with Crippen LogP contribution in [0.3, 0.4) is 0 Å². The van der Waals surface area contributed by atoms with Crippen molar-refractivity contribution in [2.24, 2.45) is 0 Å². The van der Waals surface area contributed by atoms with Crippen molar-refractivity contribution >= 4 is 5.84 Å². The van der Waals surface area contributed by atoms with Gasteiger partial charge in [0.15, 0.2) is 0 Å². The number of hydrogen-bond donors (Lipinski definition) is 2. The normalized spacial score (nSPS) is 6.80. The molecular formula is C2H5N2O. The first-order valence-corrected chi connectivity index (χ1v) is 1.20. The van der Waals surface area contributed by atoms with Crippen LogP contribution in [-0.4, -0.2) is 11.0 Å². The van der Waals surface area contributed by atoms with E-state index in [0.29, 0.717) is 0 Å². The fourth-order valence-corrected chi connectivity index (χ4v) is 0. The summed E-state index contributed by atoms with van der Waals surface area (Å²) in [6.07, 6.45) is 0. The molecule has 0 aliphatic carbocycles. The van der Waals surface area contributed by atoms with Crippen LogP contribution in [0.4, 0.5) is 0 Å². The van der Waals surface area contributed by atoms with Crippen molar-refractivity contribution in [2.45, 2.75) is 6.92 Å². The van der Waals surface area contributed by atoms with Gasteiger partial charge in [-0.05, 0) is 6.92 Å². The molecule has 5 heavy (non-hydrogen) atoms. The first-order valence-electron chi connectivity index (χ1n) is 1.20. The summed E-state index contributed by atoms with van der Waals surface area (Å²) in [6.45, 7) is 1.33. The Morgan fingerprint density at radius 3 is 2.20 bits per heavy atom. The van der Waals surface area contributed by atoms with Gasteiger partial charge < -0.3 is 0 Å². The van der Waals surface area contributed by atoms with E-state index in [0.717, 1.165) is 0 Å². The van der Waals surface area contributed by atoms with E-state index in [1.807, 2.05) is 0 Å². The van der Waals surface area contributed by atoms with Crippen molar-refractivity contribution in [2.75, 3.05) is 0 Å². The predicted octanol–water partition coefficient (Wildman–Crippen LogP) is -0.816. The monoisotopic (exact) mass is 73.0 g/mol. The number of nitrogens with zero attached hydrogens (tertiary/aromatic N) is 1. The van der Waals surface area contributed by atoms with Crippen LogP contribution < -0.4 is 10.9 Å². The molecule has 0 fully saturated rings. The van der Waals surface area contributed by atoms with Gasteiger partial charge in [0.05, 0.1) is 0 Å². The van der Waals surface area contributed by atoms with E-state index < -0.39 is 0 Å². The van der Waals surface area contributed by atoms with Crippen LogP contribution in [0, 0.1) is 0 Å². The quantitative estimate of drug-likeness (QED) is 0.224. The minimum atomic E-state index is -0.190. The molecule has 0 atom stereocenters. The molecule has 1 radical (unpaired) electrons. The summed E-state index contributed by atoms with van der Waals surface area (Å²) in [4.78, 5) is 0. The van der Waals surface area contributed by atoms with Gasteiger partial charge in [-0.3, -0.25) is 10.7 Å². The molecule has 0 aliphatic rings. The van der Waals surface area contributed by atoms with Gasteiger partial charge in [-0.15, -0.1) is 5.41 Å². The average Bonchev–Trinajstić information content (AvgIpc) is 1.38. The second kappa shape index (κ2) is 1.72. The highest BCUT2D eigenvalue weighted by Gasteiger charge is 1.70. The molecule has 0 rings (SSSR count). The lowest BCUT2D eigenvalue weighted by Gasteiger charge is -1.81. The van der Waals surface area contributed by atoms with E-state index in [1.165, 1.54) is 12.4 Å². The van der Waals surface area contributed by atoms with E-state index in [9.17, 15) is 0 Å². The van der Waals surface area contributed by atoms with Crippen molar-refractivity contribution in [1.82, 2.24) is 10.9 Å². The number of amidine groups is 1. The summed E-state index contributed by atoms with van der Waals surface area (Å²) in [5.41, 5.74) is 1.50. The van der Waals surface area contributed by atoms with E-state index in [4.69, 9.17) is 10.6 Å². The fourth-order valence-electron chi connectivity index (χ4n) is 0. The SMILES string of the molecule is CC(=[N])NO. The highest BCUT2D eigenvalue weighted by Crippen LogP contribution is 1.42. The molecule has 0 amide bonds. The van der Waals surface area contributed by atoms with Crippen LogP contribution in [0.5, 0.6) is 0 Å². The van der Waals surface area contributed by atoms with E-state index in [2.05, 4.69) is 0 Å². The highest BCUT2D eigenvalue weighted by molar-refractivity contribution is 5.75. The average molecular weight is 73.1 g/mol. The molecule has 0 unspecified atom stereocenters. The van der Waals surface area contributed by atoms with Crippen molar-refractivity contribution in [3.8, 4) is 0 Å². The molecule has 0 aromatic rings. The highest BCUT2D eigenvalue weighted by atomic mass is 16.5. The third-order valence-electron chi connectivity index (χ3n) is 0.162. The summed E-state index contributed by atoms with van der Waals surface area (Å²) >= 11 is 0. The molecule has 2 N–H and O–H groups in total. The first-order chi connectivity index (χ1) is 2.27. The summed E-state index contributed by atoms with van der Waals surface area (Å²) in [6, 6.07) is 0. The summed E-state index contributed by atoms with van der Waals surface area (Å²) in [5.74, 6) is -0.190. The topological polar surface area (TPSA) is 54.6 Å². The van der Waals surface area contributed by atoms with Crippen molar-refractivity contribution in [3.63, 3.8) is 0 Å². The molecule has 0 aromatic heterocycles. The van der Waals surface area contributed by atoms with Crippen LogP contribution in [0.2, 0.25) is 0 Å². The Balaban J connectivity index is 2.85. The van der Waals surface area contributed by atoms with Crippen LogP contribution in [0.15, 0.2) is 0 Å². The predicted molar refractivity (Wildman–Crippen MR) is 17.7 cm³/mol. The number of hydrogen-bond acceptors (Lipinski definition) is 1. The minimum Gasteiger partial charge on any atom is -0.290 e. The Bertz CT molecular complexity index is 42.9. The van der Waals surface area contributed by atoms with Gasteiger partial charge in [-0.25, -0.2) is 0 Å². The molecule has 0 spiro atoms. The lowest BCUT2D eigenvalue weighted by atomic mass is 10.7. The van der Waals surface area contributed by atoms with Crippen molar-refractivity contribution < 1.29 is 5.21 Å². The molecule has 3 nitrogen and oxygen atoms in total. The molecule has 0 heterocycles. The zero-order chi connectivity index (χ0) is 4.28. The molecule has 0 aromatic carbocycles. The Morgan fingerprint density at radius 2 is 2.20 bits per heavy atom. The largest absolute Gasteiger partial charge is 0.290 e. The zero-order valence-corrected chi connectivity index (χ0v) is 2.89. The van der Waals surface area contributed by atoms with E-state index >= 15 is 0 Å². The maximum absolute atomic E-state index is 7.92. The van der Waals surface area contributed by atoms with E-state index in [1.54, 1.807) is 0 Å². The third kappa shape index (κ3) is 3.43. The smallest absolute Gasteiger partial charge is 0.145 e. The molecular weight excluding hydrogens is 68.0 g/mol. The Kier molecular flexibility index (Phi) is 1.53. The standard InChI is InChI=1S/C2H5N2O/c1-2(3)4-5/h4-5H,1H3. The summed E-state index contributed by atoms with van der Waals surface area (Å²) in [7, 11) is 0. The maximum Gasteiger partial charge on any atom is 0.145 e. The second-order valence-electron chi connectivity index (χ2n) is 0.697. The number of hydroxylamine groups is 1. The van der Waals surface area contributed by atoms with Crippen LogP contribution in [-0.2, 0) is 0 Å².